The first-order valence-corrected chi connectivity index (χ1v) is 7.91. The Balaban J connectivity index is 1.60. The van der Waals surface area contributed by atoms with Crippen LogP contribution in [0.2, 0.25) is 0 Å². The molecule has 0 radical (unpaired) electrons. The lowest BCUT2D eigenvalue weighted by Gasteiger charge is -2.08. The van der Waals surface area contributed by atoms with E-state index in [1.807, 2.05) is 36.5 Å². The number of anilines is 1. The van der Waals surface area contributed by atoms with Gasteiger partial charge in [0, 0.05) is 12.6 Å². The molecule has 0 unspecified atom stereocenters. The molecule has 0 bridgehead atoms. The van der Waals surface area contributed by atoms with Crippen molar-refractivity contribution < 1.29 is 9.59 Å². The highest BCUT2D eigenvalue weighted by atomic mass is 16.2. The van der Waals surface area contributed by atoms with Crippen LogP contribution in [0.25, 0.3) is 5.69 Å². The molecule has 3 aromatic rings. The number of nitrogens with two attached hydrogens (primary N) is 1. The Bertz CT molecular complexity index is 887. The molecule has 0 aliphatic heterocycles. The van der Waals surface area contributed by atoms with Crippen molar-refractivity contribution >= 4 is 17.5 Å². The van der Waals surface area contributed by atoms with Gasteiger partial charge in [-0.1, -0.05) is 30.3 Å². The van der Waals surface area contributed by atoms with Gasteiger partial charge in [-0.2, -0.15) is 5.10 Å². The topological polar surface area (TPSA) is 90.0 Å². The molecule has 6 heteroatoms. The zero-order chi connectivity index (χ0) is 17.6. The predicted octanol–water partition coefficient (Wildman–Crippen LogP) is 2.54. The minimum absolute atomic E-state index is 0.179. The van der Waals surface area contributed by atoms with Crippen LogP contribution in [-0.2, 0) is 11.2 Å². The Hall–Kier alpha value is -3.41. The third-order valence-electron chi connectivity index (χ3n) is 3.76. The standard InChI is InChI=1S/C19H18N4O2/c20-19(25)16-8-4-5-9-17(16)22-18(24)11-10-14-12-21-23(13-14)15-6-2-1-3-7-15/h1-9,12-13H,10-11H2,(H2,20,25)(H,22,24). The van der Waals surface area contributed by atoms with E-state index in [0.717, 1.165) is 11.3 Å². The second kappa shape index (κ2) is 7.44. The largest absolute Gasteiger partial charge is 0.366 e. The number of primary amides is 1. The summed E-state index contributed by atoms with van der Waals surface area (Å²) < 4.78 is 1.77. The zero-order valence-corrected chi connectivity index (χ0v) is 13.6. The van der Waals surface area contributed by atoms with Crippen molar-refractivity contribution in [2.45, 2.75) is 12.8 Å². The predicted molar refractivity (Wildman–Crippen MR) is 95.5 cm³/mol. The number of para-hydroxylation sites is 2. The molecule has 0 aliphatic rings. The van der Waals surface area contributed by atoms with Gasteiger partial charge in [-0.15, -0.1) is 0 Å². The van der Waals surface area contributed by atoms with Crippen LogP contribution in [0.5, 0.6) is 0 Å². The van der Waals surface area contributed by atoms with E-state index in [9.17, 15) is 9.59 Å². The molecule has 3 rings (SSSR count). The summed E-state index contributed by atoms with van der Waals surface area (Å²) in [5.74, 6) is -0.749. The molecular weight excluding hydrogens is 316 g/mol. The Kier molecular flexibility index (Phi) is 4.89. The van der Waals surface area contributed by atoms with E-state index in [2.05, 4.69) is 10.4 Å². The Labute approximate surface area is 145 Å². The highest BCUT2D eigenvalue weighted by Gasteiger charge is 2.11. The van der Waals surface area contributed by atoms with Gasteiger partial charge in [-0.25, -0.2) is 4.68 Å². The van der Waals surface area contributed by atoms with E-state index in [1.165, 1.54) is 0 Å². The number of nitrogens with one attached hydrogen (secondary N) is 1. The summed E-state index contributed by atoms with van der Waals surface area (Å²) in [6.07, 6.45) is 4.49. The number of rotatable bonds is 6. The lowest BCUT2D eigenvalue weighted by molar-refractivity contribution is -0.116. The number of aromatic nitrogens is 2. The van der Waals surface area contributed by atoms with E-state index in [4.69, 9.17) is 5.73 Å². The summed E-state index contributed by atoms with van der Waals surface area (Å²) in [5, 5.41) is 7.04. The number of amides is 2. The Morgan fingerprint density at radius 1 is 1.04 bits per heavy atom. The van der Waals surface area contributed by atoms with Crippen molar-refractivity contribution in [3.8, 4) is 5.69 Å². The van der Waals surface area contributed by atoms with Gasteiger partial charge >= 0.3 is 0 Å². The Morgan fingerprint density at radius 3 is 2.52 bits per heavy atom. The van der Waals surface area contributed by atoms with Gasteiger partial charge in [-0.05, 0) is 36.2 Å². The minimum atomic E-state index is -0.569. The number of hydrogen-bond donors (Lipinski definition) is 2. The van der Waals surface area contributed by atoms with Crippen LogP contribution in [0.4, 0.5) is 5.69 Å². The van der Waals surface area contributed by atoms with E-state index >= 15 is 0 Å². The fourth-order valence-electron chi connectivity index (χ4n) is 2.49. The number of aryl methyl sites for hydroxylation is 1. The lowest BCUT2D eigenvalue weighted by Crippen LogP contribution is -2.18. The van der Waals surface area contributed by atoms with Gasteiger partial charge in [0.15, 0.2) is 0 Å². The summed E-state index contributed by atoms with van der Waals surface area (Å²) in [6.45, 7) is 0. The Morgan fingerprint density at radius 2 is 1.76 bits per heavy atom. The van der Waals surface area contributed by atoms with Gasteiger partial charge in [0.1, 0.15) is 0 Å². The van der Waals surface area contributed by atoms with E-state index < -0.39 is 5.91 Å². The summed E-state index contributed by atoms with van der Waals surface area (Å²) in [7, 11) is 0. The van der Waals surface area contributed by atoms with E-state index in [1.54, 1.807) is 35.1 Å². The molecule has 2 aromatic carbocycles. The number of carbonyl (C=O) groups is 2. The molecule has 0 atom stereocenters. The summed E-state index contributed by atoms with van der Waals surface area (Å²) in [4.78, 5) is 23.5. The van der Waals surface area contributed by atoms with Crippen LogP contribution >= 0.6 is 0 Å². The van der Waals surface area contributed by atoms with Crippen molar-refractivity contribution in [2.75, 3.05) is 5.32 Å². The SMILES string of the molecule is NC(=O)c1ccccc1NC(=O)CCc1cnn(-c2ccccc2)c1. The zero-order valence-electron chi connectivity index (χ0n) is 13.6. The maximum atomic E-state index is 12.1. The summed E-state index contributed by atoms with van der Waals surface area (Å²) in [5.41, 5.74) is 7.97. The smallest absolute Gasteiger partial charge is 0.250 e. The van der Waals surface area contributed by atoms with Crippen LogP contribution in [0, 0.1) is 0 Å². The molecule has 0 saturated heterocycles. The molecule has 1 aromatic heterocycles. The minimum Gasteiger partial charge on any atom is -0.366 e. The molecule has 0 saturated carbocycles. The number of nitrogens with zero attached hydrogens (tertiary/aromatic N) is 2. The van der Waals surface area contributed by atoms with Gasteiger partial charge < -0.3 is 11.1 Å². The molecule has 0 spiro atoms. The van der Waals surface area contributed by atoms with Crippen LogP contribution in [0.15, 0.2) is 67.0 Å². The maximum Gasteiger partial charge on any atom is 0.250 e. The van der Waals surface area contributed by atoms with Crippen molar-refractivity contribution in [1.82, 2.24) is 9.78 Å². The van der Waals surface area contributed by atoms with Crippen molar-refractivity contribution in [1.29, 1.82) is 0 Å². The average Bonchev–Trinajstić information content (AvgIpc) is 3.10. The van der Waals surface area contributed by atoms with E-state index in [0.29, 0.717) is 17.7 Å². The summed E-state index contributed by atoms with van der Waals surface area (Å²) >= 11 is 0. The van der Waals surface area contributed by atoms with Crippen molar-refractivity contribution in [3.63, 3.8) is 0 Å². The number of benzene rings is 2. The lowest BCUT2D eigenvalue weighted by atomic mass is 10.1. The van der Waals surface area contributed by atoms with Crippen LogP contribution in [0.1, 0.15) is 22.3 Å². The average molecular weight is 334 g/mol. The number of carbonyl (C=O) groups excluding carboxylic acids is 2. The van der Waals surface area contributed by atoms with Crippen molar-refractivity contribution in [2.24, 2.45) is 5.73 Å². The van der Waals surface area contributed by atoms with Crippen LogP contribution in [0.3, 0.4) is 0 Å². The van der Waals surface area contributed by atoms with Crippen LogP contribution in [-0.4, -0.2) is 21.6 Å². The second-order valence-corrected chi connectivity index (χ2v) is 5.59. The molecule has 6 nitrogen and oxygen atoms in total. The van der Waals surface area contributed by atoms with E-state index in [-0.39, 0.29) is 12.3 Å². The van der Waals surface area contributed by atoms with Gasteiger partial charge in [0.2, 0.25) is 5.91 Å². The highest BCUT2D eigenvalue weighted by molar-refractivity contribution is 6.02. The monoisotopic (exact) mass is 334 g/mol. The molecule has 1 heterocycles. The van der Waals surface area contributed by atoms with Gasteiger partial charge in [0.25, 0.3) is 5.91 Å². The van der Waals surface area contributed by atoms with Gasteiger partial charge in [-0.3, -0.25) is 9.59 Å². The summed E-state index contributed by atoms with van der Waals surface area (Å²) in [6, 6.07) is 16.4. The maximum absolute atomic E-state index is 12.1. The first-order valence-electron chi connectivity index (χ1n) is 7.91. The molecule has 2 amide bonds. The molecule has 126 valence electrons. The molecule has 25 heavy (non-hydrogen) atoms. The molecule has 0 fully saturated rings. The third-order valence-corrected chi connectivity index (χ3v) is 3.76. The molecular formula is C19H18N4O2. The quantitative estimate of drug-likeness (QED) is 0.726. The van der Waals surface area contributed by atoms with Gasteiger partial charge in [0.05, 0.1) is 23.1 Å². The first-order chi connectivity index (χ1) is 12.1. The molecule has 3 N–H and O–H groups in total. The van der Waals surface area contributed by atoms with Crippen molar-refractivity contribution in [3.05, 3.63) is 78.1 Å². The molecule has 0 aliphatic carbocycles. The first kappa shape index (κ1) is 16.4. The number of hydrogen-bond acceptors (Lipinski definition) is 3. The van der Waals surface area contributed by atoms with Crippen LogP contribution < -0.4 is 11.1 Å². The normalized spacial score (nSPS) is 10.4. The second-order valence-electron chi connectivity index (χ2n) is 5.59. The fraction of sp³-hybridized carbons (Fsp3) is 0.105. The fourth-order valence-corrected chi connectivity index (χ4v) is 2.49. The highest BCUT2D eigenvalue weighted by Crippen LogP contribution is 2.15. The third kappa shape index (κ3) is 4.11.